The van der Waals surface area contributed by atoms with Gasteiger partial charge < -0.3 is 9.63 Å². The molecule has 2 aromatic carbocycles. The first-order valence-electron chi connectivity index (χ1n) is 7.96. The first kappa shape index (κ1) is 16.0. The average Bonchev–Trinajstić information content (AvgIpc) is 3.03. The van der Waals surface area contributed by atoms with Crippen LogP contribution in [0, 0.1) is 5.82 Å². The molecule has 2 heterocycles. The van der Waals surface area contributed by atoms with E-state index >= 15 is 0 Å². The highest BCUT2D eigenvalue weighted by molar-refractivity contribution is 5.99. The number of para-hydroxylation sites is 1. The third kappa shape index (κ3) is 2.63. The molecule has 0 amide bonds. The second-order valence-electron chi connectivity index (χ2n) is 5.87. The van der Waals surface area contributed by atoms with E-state index in [2.05, 4.69) is 4.98 Å². The number of aromatic hydroxyl groups is 1. The smallest absolute Gasteiger partial charge is 0.330 e. The fourth-order valence-corrected chi connectivity index (χ4v) is 2.80. The quantitative estimate of drug-likeness (QED) is 0.571. The molecule has 0 saturated heterocycles. The molecule has 0 spiro atoms. The summed E-state index contributed by atoms with van der Waals surface area (Å²) in [5, 5.41) is 10.7. The molecule has 4 aromatic rings. The van der Waals surface area contributed by atoms with Crippen LogP contribution >= 0.6 is 0 Å². The van der Waals surface area contributed by atoms with Crippen molar-refractivity contribution in [1.29, 1.82) is 0 Å². The Labute approximate surface area is 146 Å². The highest BCUT2D eigenvalue weighted by Gasteiger charge is 2.21. The number of nitrogens with zero attached hydrogens (tertiary/aromatic N) is 2. The van der Waals surface area contributed by atoms with Crippen molar-refractivity contribution in [2.45, 2.75) is 12.8 Å². The van der Waals surface area contributed by atoms with Crippen molar-refractivity contribution in [3.63, 3.8) is 0 Å². The van der Waals surface area contributed by atoms with E-state index < -0.39 is 17.1 Å². The molecule has 130 valence electrons. The second-order valence-corrected chi connectivity index (χ2v) is 5.87. The topological polar surface area (TPSA) is 84.8 Å². The van der Waals surface area contributed by atoms with Crippen LogP contribution in [0.5, 0.6) is 5.75 Å². The van der Waals surface area contributed by atoms with Crippen molar-refractivity contribution in [3.05, 3.63) is 76.0 Å². The molecule has 0 radical (unpaired) electrons. The SMILES string of the molecule is O=C(CCc1ccc(F)cc1)c1nc2c3ccccc3on2c(=O)c1O. The molecule has 0 aliphatic rings. The van der Waals surface area contributed by atoms with Crippen LogP contribution in [0.2, 0.25) is 0 Å². The van der Waals surface area contributed by atoms with E-state index in [-0.39, 0.29) is 23.6 Å². The average molecular weight is 352 g/mol. The number of rotatable bonds is 4. The Balaban J connectivity index is 1.72. The minimum absolute atomic E-state index is 0.0254. The van der Waals surface area contributed by atoms with Gasteiger partial charge in [0, 0.05) is 6.42 Å². The van der Waals surface area contributed by atoms with E-state index in [1.807, 2.05) is 0 Å². The molecule has 0 unspecified atom stereocenters. The second kappa shape index (κ2) is 6.11. The lowest BCUT2D eigenvalue weighted by Gasteiger charge is -2.04. The van der Waals surface area contributed by atoms with E-state index in [9.17, 15) is 19.1 Å². The summed E-state index contributed by atoms with van der Waals surface area (Å²) in [6.45, 7) is 0. The number of aryl methyl sites for hydroxylation is 1. The number of carbonyl (C=O) groups excluding carboxylic acids is 1. The van der Waals surface area contributed by atoms with Gasteiger partial charge in [0.1, 0.15) is 5.82 Å². The lowest BCUT2D eigenvalue weighted by atomic mass is 10.1. The number of ketones is 1. The van der Waals surface area contributed by atoms with Crippen LogP contribution in [0.15, 0.2) is 57.8 Å². The standard InChI is InChI=1S/C19H13FN2O4/c20-12-8-5-11(6-9-12)7-10-14(23)16-17(24)19(25)22-18(21-16)13-3-1-2-4-15(13)26-22/h1-6,8-9,24H,7,10H2. The van der Waals surface area contributed by atoms with E-state index in [0.29, 0.717) is 17.4 Å². The molecule has 0 saturated carbocycles. The predicted octanol–water partition coefficient (Wildman–Crippen LogP) is 3.10. The van der Waals surface area contributed by atoms with Gasteiger partial charge in [-0.2, -0.15) is 0 Å². The van der Waals surface area contributed by atoms with Gasteiger partial charge in [-0.3, -0.25) is 9.59 Å². The third-order valence-corrected chi connectivity index (χ3v) is 4.16. The minimum atomic E-state index is -0.837. The largest absolute Gasteiger partial charge is 0.501 e. The van der Waals surface area contributed by atoms with Crippen LogP contribution in [-0.4, -0.2) is 20.4 Å². The molecule has 0 atom stereocenters. The summed E-state index contributed by atoms with van der Waals surface area (Å²) in [7, 11) is 0. The maximum absolute atomic E-state index is 12.9. The zero-order valence-electron chi connectivity index (χ0n) is 13.5. The van der Waals surface area contributed by atoms with Crippen molar-refractivity contribution in [2.24, 2.45) is 0 Å². The van der Waals surface area contributed by atoms with Gasteiger partial charge in [0.15, 0.2) is 22.7 Å². The van der Waals surface area contributed by atoms with Gasteiger partial charge in [-0.15, -0.1) is 4.57 Å². The Morgan fingerprint density at radius 2 is 1.88 bits per heavy atom. The minimum Gasteiger partial charge on any atom is -0.501 e. The number of hydrogen-bond acceptors (Lipinski definition) is 5. The highest BCUT2D eigenvalue weighted by atomic mass is 19.1. The third-order valence-electron chi connectivity index (χ3n) is 4.16. The van der Waals surface area contributed by atoms with Crippen LogP contribution in [0.3, 0.4) is 0 Å². The normalized spacial score (nSPS) is 11.3. The molecule has 0 fully saturated rings. The zero-order chi connectivity index (χ0) is 18.3. The number of hydrogen-bond donors (Lipinski definition) is 1. The summed E-state index contributed by atoms with van der Waals surface area (Å²) >= 11 is 0. The Hall–Kier alpha value is -3.48. The van der Waals surface area contributed by atoms with Gasteiger partial charge in [0.05, 0.1) is 5.39 Å². The van der Waals surface area contributed by atoms with E-state index in [1.165, 1.54) is 12.1 Å². The van der Waals surface area contributed by atoms with E-state index in [0.717, 1.165) is 10.1 Å². The molecule has 6 nitrogen and oxygen atoms in total. The molecular weight excluding hydrogens is 339 g/mol. The molecule has 2 aromatic heterocycles. The van der Waals surface area contributed by atoms with Crippen molar-refractivity contribution in [1.82, 2.24) is 9.56 Å². The maximum Gasteiger partial charge on any atom is 0.330 e. The van der Waals surface area contributed by atoms with Crippen molar-refractivity contribution in [2.75, 3.05) is 0 Å². The fourth-order valence-electron chi connectivity index (χ4n) is 2.80. The monoisotopic (exact) mass is 352 g/mol. The summed E-state index contributed by atoms with van der Waals surface area (Å²) in [5.74, 6) is -1.58. The van der Waals surface area contributed by atoms with Crippen LogP contribution < -0.4 is 5.56 Å². The lowest BCUT2D eigenvalue weighted by molar-refractivity contribution is 0.0974. The molecule has 0 aliphatic heterocycles. The molecular formula is C19H13FN2O4. The van der Waals surface area contributed by atoms with Gasteiger partial charge in [-0.1, -0.05) is 24.3 Å². The Morgan fingerprint density at radius 1 is 1.15 bits per heavy atom. The summed E-state index contributed by atoms with van der Waals surface area (Å²) in [5.41, 5.74) is 0.242. The fraction of sp³-hybridized carbons (Fsp3) is 0.105. The Kier molecular flexibility index (Phi) is 3.76. The molecule has 26 heavy (non-hydrogen) atoms. The number of carbonyl (C=O) groups is 1. The maximum atomic E-state index is 12.9. The van der Waals surface area contributed by atoms with Crippen molar-refractivity contribution >= 4 is 22.4 Å². The van der Waals surface area contributed by atoms with E-state index in [1.54, 1.807) is 36.4 Å². The van der Waals surface area contributed by atoms with Crippen LogP contribution in [0.25, 0.3) is 16.6 Å². The molecule has 1 N–H and O–H groups in total. The number of fused-ring (bicyclic) bond motifs is 3. The summed E-state index contributed by atoms with van der Waals surface area (Å²) in [6, 6.07) is 12.7. The lowest BCUT2D eigenvalue weighted by Crippen LogP contribution is -2.17. The number of Topliss-reactive ketones (excluding diaryl/α,β-unsaturated/α-hetero) is 1. The predicted molar refractivity (Wildman–Crippen MR) is 92.0 cm³/mol. The van der Waals surface area contributed by atoms with Gasteiger partial charge in [-0.05, 0) is 36.2 Å². The summed E-state index contributed by atoms with van der Waals surface area (Å²) in [6.07, 6.45) is 0.364. The number of halogens is 1. The van der Waals surface area contributed by atoms with Crippen LogP contribution in [0.1, 0.15) is 22.5 Å². The first-order valence-corrected chi connectivity index (χ1v) is 7.96. The Bertz CT molecular complexity index is 1190. The van der Waals surface area contributed by atoms with Crippen molar-refractivity contribution < 1.29 is 18.8 Å². The van der Waals surface area contributed by atoms with Gasteiger partial charge in [0.2, 0.25) is 5.75 Å². The van der Waals surface area contributed by atoms with E-state index in [4.69, 9.17) is 4.52 Å². The highest BCUT2D eigenvalue weighted by Crippen LogP contribution is 2.22. The molecule has 7 heteroatoms. The van der Waals surface area contributed by atoms with Crippen molar-refractivity contribution in [3.8, 4) is 5.75 Å². The first-order chi connectivity index (χ1) is 12.5. The van der Waals surface area contributed by atoms with Gasteiger partial charge in [-0.25, -0.2) is 9.37 Å². The molecule has 4 rings (SSSR count). The van der Waals surface area contributed by atoms with Gasteiger partial charge in [0.25, 0.3) is 0 Å². The van der Waals surface area contributed by atoms with Crippen LogP contribution in [0.4, 0.5) is 4.39 Å². The molecule has 0 bridgehead atoms. The number of benzene rings is 2. The van der Waals surface area contributed by atoms with Gasteiger partial charge >= 0.3 is 5.56 Å². The molecule has 0 aliphatic carbocycles. The summed E-state index contributed by atoms with van der Waals surface area (Å²) < 4.78 is 19.2. The zero-order valence-corrected chi connectivity index (χ0v) is 13.5. The summed E-state index contributed by atoms with van der Waals surface area (Å²) in [4.78, 5) is 29.0. The number of aromatic nitrogens is 2. The Morgan fingerprint density at radius 3 is 2.65 bits per heavy atom. The van der Waals surface area contributed by atoms with Crippen LogP contribution in [-0.2, 0) is 6.42 Å².